The van der Waals surface area contributed by atoms with Crippen molar-refractivity contribution < 1.29 is 28.9 Å². The monoisotopic (exact) mass is 363 g/mol. The van der Waals surface area contributed by atoms with E-state index < -0.39 is 5.97 Å². The van der Waals surface area contributed by atoms with Crippen molar-refractivity contribution in [1.29, 1.82) is 0 Å². The number of carboxylic acids is 1. The molecular formula is C19H25NO6. The van der Waals surface area contributed by atoms with Gasteiger partial charge in [0.25, 0.3) is 0 Å². The quantitative estimate of drug-likeness (QED) is 0.800. The molecule has 1 fully saturated rings. The van der Waals surface area contributed by atoms with Gasteiger partial charge < -0.3 is 24.2 Å². The molecule has 0 saturated heterocycles. The topological polar surface area (TPSA) is 85.3 Å². The van der Waals surface area contributed by atoms with Gasteiger partial charge in [-0.05, 0) is 43.4 Å². The van der Waals surface area contributed by atoms with Gasteiger partial charge in [0, 0.05) is 26.1 Å². The molecule has 1 aromatic carbocycles. The first-order valence-electron chi connectivity index (χ1n) is 8.97. The minimum absolute atomic E-state index is 0.0727. The highest BCUT2D eigenvalue weighted by atomic mass is 16.7. The predicted molar refractivity (Wildman–Crippen MR) is 92.9 cm³/mol. The number of aliphatic carboxylic acids is 1. The largest absolute Gasteiger partial charge is 0.481 e. The maximum atomic E-state index is 13.0. The van der Waals surface area contributed by atoms with Crippen LogP contribution in [0.25, 0.3) is 0 Å². The molecule has 0 atom stereocenters. The molecule has 7 nitrogen and oxygen atoms in total. The number of hydrogen-bond donors (Lipinski definition) is 1. The molecule has 0 unspecified atom stereocenters. The molecule has 0 spiro atoms. The Labute approximate surface area is 152 Å². The van der Waals surface area contributed by atoms with E-state index in [1.54, 1.807) is 12.0 Å². The summed E-state index contributed by atoms with van der Waals surface area (Å²) in [7, 11) is 1.61. The van der Waals surface area contributed by atoms with Gasteiger partial charge in [0.1, 0.15) is 0 Å². The van der Waals surface area contributed by atoms with E-state index in [-0.39, 0.29) is 24.5 Å². The van der Waals surface area contributed by atoms with Gasteiger partial charge in [-0.15, -0.1) is 0 Å². The summed E-state index contributed by atoms with van der Waals surface area (Å²) in [6.45, 7) is 1.65. The van der Waals surface area contributed by atoms with E-state index in [0.29, 0.717) is 51.1 Å². The number of carbonyl (C=O) groups excluding carboxylic acids is 1. The van der Waals surface area contributed by atoms with E-state index in [1.807, 2.05) is 18.2 Å². The lowest BCUT2D eigenvalue weighted by molar-refractivity contribution is -0.146. The standard InChI is InChI=1S/C19H25NO6/c1-24-9-8-20(11-13-2-7-16-17(10-13)26-12-25-16)18(21)14-3-5-15(6-4-14)19(22)23/h2,7,10,14-15H,3-6,8-9,11-12H2,1H3,(H,22,23). The van der Waals surface area contributed by atoms with Crippen molar-refractivity contribution in [3.8, 4) is 11.5 Å². The molecule has 142 valence electrons. The van der Waals surface area contributed by atoms with Crippen LogP contribution in [0.5, 0.6) is 11.5 Å². The average Bonchev–Trinajstić information content (AvgIpc) is 3.12. The molecule has 1 saturated carbocycles. The van der Waals surface area contributed by atoms with Crippen LogP contribution in [-0.2, 0) is 20.9 Å². The molecule has 2 aliphatic rings. The summed E-state index contributed by atoms with van der Waals surface area (Å²) in [5, 5.41) is 9.13. The summed E-state index contributed by atoms with van der Waals surface area (Å²) in [5.41, 5.74) is 0.970. The van der Waals surface area contributed by atoms with Crippen LogP contribution in [0.15, 0.2) is 18.2 Å². The third-order valence-electron chi connectivity index (χ3n) is 5.11. The van der Waals surface area contributed by atoms with E-state index in [4.69, 9.17) is 19.3 Å². The fraction of sp³-hybridized carbons (Fsp3) is 0.579. The van der Waals surface area contributed by atoms with Crippen LogP contribution in [0.4, 0.5) is 0 Å². The molecule has 0 bridgehead atoms. The van der Waals surface area contributed by atoms with Gasteiger partial charge in [-0.25, -0.2) is 0 Å². The van der Waals surface area contributed by atoms with Crippen molar-refractivity contribution in [3.05, 3.63) is 23.8 Å². The maximum Gasteiger partial charge on any atom is 0.306 e. The first-order chi connectivity index (χ1) is 12.6. The molecule has 0 radical (unpaired) electrons. The molecule has 1 aliphatic heterocycles. The molecular weight excluding hydrogens is 338 g/mol. The van der Waals surface area contributed by atoms with Gasteiger partial charge in [0.05, 0.1) is 12.5 Å². The Morgan fingerprint density at radius 1 is 1.15 bits per heavy atom. The molecule has 3 rings (SSSR count). The first-order valence-corrected chi connectivity index (χ1v) is 8.97. The Morgan fingerprint density at radius 3 is 2.54 bits per heavy atom. The number of benzene rings is 1. The Hall–Kier alpha value is -2.28. The van der Waals surface area contributed by atoms with Crippen molar-refractivity contribution >= 4 is 11.9 Å². The number of methoxy groups -OCH3 is 1. The Kier molecular flexibility index (Phi) is 5.98. The maximum absolute atomic E-state index is 13.0. The van der Waals surface area contributed by atoms with Crippen LogP contribution in [0, 0.1) is 11.8 Å². The Bertz CT molecular complexity index is 653. The number of rotatable bonds is 7. The number of nitrogens with zero attached hydrogens (tertiary/aromatic N) is 1. The zero-order valence-corrected chi connectivity index (χ0v) is 15.0. The number of fused-ring (bicyclic) bond motifs is 1. The molecule has 7 heteroatoms. The van der Waals surface area contributed by atoms with Gasteiger partial charge in [0.2, 0.25) is 12.7 Å². The van der Waals surface area contributed by atoms with Crippen LogP contribution < -0.4 is 9.47 Å². The summed E-state index contributed by atoms with van der Waals surface area (Å²) in [6.07, 6.45) is 2.38. The highest BCUT2D eigenvalue weighted by Crippen LogP contribution is 2.34. The summed E-state index contributed by atoms with van der Waals surface area (Å²) < 4.78 is 15.9. The highest BCUT2D eigenvalue weighted by Gasteiger charge is 2.32. The SMILES string of the molecule is COCCN(Cc1ccc2c(c1)OCO2)C(=O)C1CCC(C(=O)O)CC1. The molecule has 1 heterocycles. The Balaban J connectivity index is 1.65. The van der Waals surface area contributed by atoms with Crippen molar-refractivity contribution in [2.45, 2.75) is 32.2 Å². The number of carbonyl (C=O) groups is 2. The second kappa shape index (κ2) is 8.40. The minimum atomic E-state index is -0.757. The van der Waals surface area contributed by atoms with Crippen molar-refractivity contribution in [3.63, 3.8) is 0 Å². The number of hydrogen-bond acceptors (Lipinski definition) is 5. The van der Waals surface area contributed by atoms with Gasteiger partial charge in [-0.1, -0.05) is 6.07 Å². The van der Waals surface area contributed by atoms with Crippen LogP contribution >= 0.6 is 0 Å². The normalized spacial score (nSPS) is 21.4. The van der Waals surface area contributed by atoms with E-state index >= 15 is 0 Å². The third kappa shape index (κ3) is 4.27. The second-order valence-corrected chi connectivity index (χ2v) is 6.83. The molecule has 1 aromatic rings. The van der Waals surface area contributed by atoms with Crippen molar-refractivity contribution in [2.24, 2.45) is 11.8 Å². The van der Waals surface area contributed by atoms with Gasteiger partial charge in [-0.3, -0.25) is 9.59 Å². The molecule has 26 heavy (non-hydrogen) atoms. The van der Waals surface area contributed by atoms with Crippen molar-refractivity contribution in [1.82, 2.24) is 4.90 Å². The summed E-state index contributed by atoms with van der Waals surface area (Å²) in [6, 6.07) is 5.69. The van der Waals surface area contributed by atoms with Crippen LogP contribution in [0.3, 0.4) is 0 Å². The fourth-order valence-electron chi connectivity index (χ4n) is 3.57. The lowest BCUT2D eigenvalue weighted by Crippen LogP contribution is -2.39. The van der Waals surface area contributed by atoms with Crippen LogP contribution in [0.1, 0.15) is 31.2 Å². The minimum Gasteiger partial charge on any atom is -0.481 e. The van der Waals surface area contributed by atoms with Crippen LogP contribution in [-0.4, -0.2) is 48.9 Å². The van der Waals surface area contributed by atoms with Crippen LogP contribution in [0.2, 0.25) is 0 Å². The summed E-state index contributed by atoms with van der Waals surface area (Å²) in [5.74, 6) is 0.298. The smallest absolute Gasteiger partial charge is 0.306 e. The lowest BCUT2D eigenvalue weighted by Gasteiger charge is -2.31. The molecule has 0 aromatic heterocycles. The highest BCUT2D eigenvalue weighted by molar-refractivity contribution is 5.79. The van der Waals surface area contributed by atoms with Crippen molar-refractivity contribution in [2.75, 3.05) is 27.1 Å². The molecule has 1 amide bonds. The molecule has 1 N–H and O–H groups in total. The number of ether oxygens (including phenoxy) is 3. The fourth-order valence-corrected chi connectivity index (χ4v) is 3.57. The third-order valence-corrected chi connectivity index (χ3v) is 5.11. The van der Waals surface area contributed by atoms with Gasteiger partial charge in [-0.2, -0.15) is 0 Å². The van der Waals surface area contributed by atoms with E-state index in [9.17, 15) is 9.59 Å². The molecule has 1 aliphatic carbocycles. The summed E-state index contributed by atoms with van der Waals surface area (Å²) >= 11 is 0. The number of carboxylic acid groups (broad SMARTS) is 1. The Morgan fingerprint density at radius 2 is 1.85 bits per heavy atom. The van der Waals surface area contributed by atoms with Gasteiger partial charge in [0.15, 0.2) is 11.5 Å². The predicted octanol–water partition coefficient (Wildman–Crippen LogP) is 2.28. The lowest BCUT2D eigenvalue weighted by atomic mass is 9.81. The van der Waals surface area contributed by atoms with E-state index in [0.717, 1.165) is 11.3 Å². The average molecular weight is 363 g/mol. The zero-order chi connectivity index (χ0) is 18.5. The van der Waals surface area contributed by atoms with E-state index in [1.165, 1.54) is 0 Å². The first kappa shape index (κ1) is 18.5. The van der Waals surface area contributed by atoms with Gasteiger partial charge >= 0.3 is 5.97 Å². The number of amides is 1. The van der Waals surface area contributed by atoms with E-state index in [2.05, 4.69) is 0 Å². The second-order valence-electron chi connectivity index (χ2n) is 6.83. The zero-order valence-electron chi connectivity index (χ0n) is 15.0. The summed E-state index contributed by atoms with van der Waals surface area (Å²) in [4.78, 5) is 25.9.